The molecular formula is C19H21ClN2O3S. The molecule has 0 N–H and O–H groups in total. The van der Waals surface area contributed by atoms with Crippen LogP contribution < -0.4 is 0 Å². The van der Waals surface area contributed by atoms with Gasteiger partial charge in [-0.2, -0.15) is 0 Å². The van der Waals surface area contributed by atoms with Crippen LogP contribution in [-0.2, 0) is 9.53 Å². The van der Waals surface area contributed by atoms with E-state index in [0.717, 1.165) is 24.8 Å². The lowest BCUT2D eigenvalue weighted by atomic mass is 9.97. The van der Waals surface area contributed by atoms with Gasteiger partial charge in [0.1, 0.15) is 5.01 Å². The molecule has 2 atom stereocenters. The molecule has 1 amide bonds. The van der Waals surface area contributed by atoms with Crippen LogP contribution in [0.5, 0.6) is 0 Å². The Labute approximate surface area is 161 Å². The summed E-state index contributed by atoms with van der Waals surface area (Å²) in [5.41, 5.74) is 1.05. The summed E-state index contributed by atoms with van der Waals surface area (Å²) in [4.78, 5) is 30.8. The molecule has 138 valence electrons. The highest BCUT2D eigenvalue weighted by Gasteiger charge is 2.29. The maximum atomic E-state index is 12.4. The predicted molar refractivity (Wildman–Crippen MR) is 102 cm³/mol. The summed E-state index contributed by atoms with van der Waals surface area (Å²) in [7, 11) is 0. The summed E-state index contributed by atoms with van der Waals surface area (Å²) in [5.74, 6) is -0.733. The molecule has 1 fully saturated rings. The highest BCUT2D eigenvalue weighted by Crippen LogP contribution is 2.26. The molecule has 1 aromatic heterocycles. The van der Waals surface area contributed by atoms with Gasteiger partial charge in [-0.05, 0) is 45.2 Å². The van der Waals surface area contributed by atoms with Gasteiger partial charge in [-0.3, -0.25) is 4.79 Å². The van der Waals surface area contributed by atoms with E-state index < -0.39 is 5.97 Å². The van der Waals surface area contributed by atoms with E-state index in [1.165, 1.54) is 11.3 Å². The third-order valence-corrected chi connectivity index (χ3v) is 5.72. The first-order chi connectivity index (χ1) is 12.5. The molecule has 1 saturated heterocycles. The van der Waals surface area contributed by atoms with Gasteiger partial charge in [-0.1, -0.05) is 23.7 Å². The summed E-state index contributed by atoms with van der Waals surface area (Å²) in [5, 5.41) is 2.93. The number of hydrogen-bond acceptors (Lipinski definition) is 5. The van der Waals surface area contributed by atoms with Crippen molar-refractivity contribution in [2.24, 2.45) is 0 Å². The number of hydrogen-bond donors (Lipinski definition) is 0. The van der Waals surface area contributed by atoms with Gasteiger partial charge in [-0.15, -0.1) is 11.3 Å². The number of amides is 1. The second-order valence-corrected chi connectivity index (χ2v) is 7.85. The smallest absolute Gasteiger partial charge is 0.358 e. The Balaban J connectivity index is 1.61. The number of thiazole rings is 1. The third-order valence-electron chi connectivity index (χ3n) is 4.59. The summed E-state index contributed by atoms with van der Waals surface area (Å²) in [6, 6.07) is 7.64. The van der Waals surface area contributed by atoms with E-state index in [1.54, 1.807) is 17.5 Å². The van der Waals surface area contributed by atoms with Crippen LogP contribution in [0, 0.1) is 0 Å². The van der Waals surface area contributed by atoms with Gasteiger partial charge in [0.15, 0.2) is 12.3 Å². The van der Waals surface area contributed by atoms with Gasteiger partial charge in [0.05, 0.1) is 0 Å². The standard InChI is InChI=1S/C19H21ClN2O3S/c1-12-5-3-6-13(2)22(12)17(23)10-25-19(24)16-11-26-18(21-16)14-7-4-8-15(20)9-14/h4,7-9,11-13H,3,5-6,10H2,1-2H3/t12-,13-/m1/s1. The number of nitrogens with zero attached hydrogens (tertiary/aromatic N) is 2. The average Bonchev–Trinajstić information content (AvgIpc) is 3.10. The Morgan fingerprint density at radius 2 is 2.04 bits per heavy atom. The van der Waals surface area contributed by atoms with E-state index in [2.05, 4.69) is 4.98 Å². The van der Waals surface area contributed by atoms with Crippen molar-refractivity contribution < 1.29 is 14.3 Å². The SMILES string of the molecule is C[C@@H]1CCC[C@@H](C)N1C(=O)COC(=O)c1csc(-c2cccc(Cl)c2)n1. The number of piperidine rings is 1. The summed E-state index contributed by atoms with van der Waals surface area (Å²) >= 11 is 7.33. The molecule has 0 bridgehead atoms. The lowest BCUT2D eigenvalue weighted by Gasteiger charge is -2.38. The molecule has 0 spiro atoms. The number of ether oxygens (including phenoxy) is 1. The fraction of sp³-hybridized carbons (Fsp3) is 0.421. The average molecular weight is 393 g/mol. The zero-order valence-electron chi connectivity index (χ0n) is 14.8. The first-order valence-corrected chi connectivity index (χ1v) is 9.91. The summed E-state index contributed by atoms with van der Waals surface area (Å²) < 4.78 is 5.20. The summed E-state index contributed by atoms with van der Waals surface area (Å²) in [6.45, 7) is 3.82. The van der Waals surface area contributed by atoms with Crippen LogP contribution in [0.15, 0.2) is 29.6 Å². The number of halogens is 1. The fourth-order valence-electron chi connectivity index (χ4n) is 3.31. The van der Waals surface area contributed by atoms with E-state index >= 15 is 0 Å². The van der Waals surface area contributed by atoms with Crippen molar-refractivity contribution in [3.8, 4) is 10.6 Å². The highest BCUT2D eigenvalue weighted by atomic mass is 35.5. The van der Waals surface area contributed by atoms with Gasteiger partial charge >= 0.3 is 5.97 Å². The van der Waals surface area contributed by atoms with Crippen LogP contribution in [0.1, 0.15) is 43.6 Å². The molecule has 7 heteroatoms. The van der Waals surface area contributed by atoms with Gasteiger partial charge < -0.3 is 9.64 Å². The minimum Gasteiger partial charge on any atom is -0.451 e. The van der Waals surface area contributed by atoms with Gasteiger partial charge in [0.2, 0.25) is 0 Å². The van der Waals surface area contributed by atoms with Crippen LogP contribution >= 0.6 is 22.9 Å². The Bertz CT molecular complexity index is 798. The topological polar surface area (TPSA) is 59.5 Å². The van der Waals surface area contributed by atoms with Crippen molar-refractivity contribution in [1.82, 2.24) is 9.88 Å². The Kier molecular flexibility index (Phi) is 5.94. The van der Waals surface area contributed by atoms with Crippen molar-refractivity contribution in [3.63, 3.8) is 0 Å². The fourth-order valence-corrected chi connectivity index (χ4v) is 4.29. The molecule has 2 heterocycles. The minimum absolute atomic E-state index is 0.150. The lowest BCUT2D eigenvalue weighted by molar-refractivity contribution is -0.140. The molecule has 0 saturated carbocycles. The summed E-state index contributed by atoms with van der Waals surface area (Å²) in [6.07, 6.45) is 3.09. The molecule has 3 rings (SSSR count). The van der Waals surface area contributed by atoms with Gasteiger partial charge in [0, 0.05) is 28.0 Å². The molecule has 2 aromatic rings. The Hall–Kier alpha value is -1.92. The quantitative estimate of drug-likeness (QED) is 0.723. The first-order valence-electron chi connectivity index (χ1n) is 8.65. The number of likely N-dealkylation sites (tertiary alicyclic amines) is 1. The van der Waals surface area contributed by atoms with E-state index in [9.17, 15) is 9.59 Å². The molecule has 0 radical (unpaired) electrons. The number of carbonyl (C=O) groups excluding carboxylic acids is 2. The van der Waals surface area contributed by atoms with Crippen molar-refractivity contribution in [1.29, 1.82) is 0 Å². The van der Waals surface area contributed by atoms with Crippen molar-refractivity contribution >= 4 is 34.8 Å². The minimum atomic E-state index is -0.583. The Morgan fingerprint density at radius 1 is 1.31 bits per heavy atom. The zero-order chi connectivity index (χ0) is 18.7. The van der Waals surface area contributed by atoms with Gasteiger partial charge in [0.25, 0.3) is 5.91 Å². The largest absolute Gasteiger partial charge is 0.451 e. The maximum absolute atomic E-state index is 12.4. The van der Waals surface area contributed by atoms with E-state index in [-0.39, 0.29) is 30.3 Å². The van der Waals surface area contributed by atoms with E-state index in [1.807, 2.05) is 30.9 Å². The monoisotopic (exact) mass is 392 g/mol. The molecule has 1 aromatic carbocycles. The number of esters is 1. The second-order valence-electron chi connectivity index (χ2n) is 6.55. The third kappa shape index (κ3) is 4.24. The molecule has 26 heavy (non-hydrogen) atoms. The lowest BCUT2D eigenvalue weighted by Crippen LogP contribution is -2.49. The highest BCUT2D eigenvalue weighted by molar-refractivity contribution is 7.13. The van der Waals surface area contributed by atoms with Crippen LogP contribution in [0.2, 0.25) is 5.02 Å². The molecule has 5 nitrogen and oxygen atoms in total. The molecule has 1 aliphatic rings. The maximum Gasteiger partial charge on any atom is 0.358 e. The predicted octanol–water partition coefficient (Wildman–Crippen LogP) is 4.41. The second kappa shape index (κ2) is 8.18. The number of rotatable bonds is 4. The number of aromatic nitrogens is 1. The van der Waals surface area contributed by atoms with Crippen molar-refractivity contribution in [2.75, 3.05) is 6.61 Å². The van der Waals surface area contributed by atoms with Crippen molar-refractivity contribution in [3.05, 3.63) is 40.4 Å². The molecule has 0 unspecified atom stereocenters. The Morgan fingerprint density at radius 3 is 2.73 bits per heavy atom. The van der Waals surface area contributed by atoms with Crippen LogP contribution in [0.3, 0.4) is 0 Å². The number of carbonyl (C=O) groups is 2. The zero-order valence-corrected chi connectivity index (χ0v) is 16.3. The molecule has 0 aliphatic carbocycles. The molecule has 1 aliphatic heterocycles. The number of benzene rings is 1. The van der Waals surface area contributed by atoms with E-state index in [4.69, 9.17) is 16.3 Å². The van der Waals surface area contributed by atoms with Crippen LogP contribution in [0.4, 0.5) is 0 Å². The van der Waals surface area contributed by atoms with E-state index in [0.29, 0.717) is 10.0 Å². The van der Waals surface area contributed by atoms with Gasteiger partial charge in [-0.25, -0.2) is 9.78 Å². The van der Waals surface area contributed by atoms with Crippen molar-refractivity contribution in [2.45, 2.75) is 45.2 Å². The van der Waals surface area contributed by atoms with Crippen LogP contribution in [0.25, 0.3) is 10.6 Å². The van der Waals surface area contributed by atoms with Crippen LogP contribution in [-0.4, -0.2) is 40.5 Å². The normalized spacial score (nSPS) is 20.0. The first kappa shape index (κ1) is 18.9. The molecular weight excluding hydrogens is 372 g/mol.